The third-order valence-electron chi connectivity index (χ3n) is 5.27. The van der Waals surface area contributed by atoms with Crippen molar-refractivity contribution in [3.8, 4) is 6.07 Å². The summed E-state index contributed by atoms with van der Waals surface area (Å²) in [6.45, 7) is 4.92. The number of alkyl halides is 3. The molecule has 0 bridgehead atoms. The third-order valence-corrected chi connectivity index (χ3v) is 6.29. The minimum Gasteiger partial charge on any atom is -0.458 e. The topological polar surface area (TPSA) is 91.2 Å². The number of hydrogen-bond acceptors (Lipinski definition) is 6. The summed E-state index contributed by atoms with van der Waals surface area (Å²) in [5.74, 6) is -3.70. The minimum absolute atomic E-state index is 0.0106. The van der Waals surface area contributed by atoms with Crippen LogP contribution in [0.2, 0.25) is 0 Å². The highest BCUT2D eigenvalue weighted by atomic mass is 32.2. The Balaban J connectivity index is 1.92. The Bertz CT molecular complexity index is 1330. The van der Waals surface area contributed by atoms with Gasteiger partial charge in [-0.05, 0) is 25.1 Å². The molecule has 11 heteroatoms. The molecule has 1 aliphatic heterocycles. The molecule has 0 aliphatic carbocycles. The Morgan fingerprint density at radius 2 is 1.89 bits per heavy atom. The maximum atomic E-state index is 14.8. The monoisotopic (exact) mass is 531 g/mol. The van der Waals surface area contributed by atoms with Gasteiger partial charge >= 0.3 is 12.1 Å². The second-order valence-electron chi connectivity index (χ2n) is 7.74. The summed E-state index contributed by atoms with van der Waals surface area (Å²) in [5, 5.41) is 15.3. The predicted octanol–water partition coefficient (Wildman–Crippen LogP) is 5.64. The first-order valence-corrected chi connectivity index (χ1v) is 11.8. The van der Waals surface area contributed by atoms with Gasteiger partial charge in [0.2, 0.25) is 5.91 Å². The number of rotatable bonds is 8. The molecule has 0 aromatic heterocycles. The van der Waals surface area contributed by atoms with Crippen LogP contribution >= 0.6 is 11.8 Å². The lowest BCUT2D eigenvalue weighted by Crippen LogP contribution is -2.30. The van der Waals surface area contributed by atoms with Crippen LogP contribution in [0.5, 0.6) is 0 Å². The van der Waals surface area contributed by atoms with Crippen molar-refractivity contribution in [3.63, 3.8) is 0 Å². The van der Waals surface area contributed by atoms with Gasteiger partial charge in [-0.15, -0.1) is 0 Å². The molecular formula is C26H21F4N3O3S. The summed E-state index contributed by atoms with van der Waals surface area (Å²) in [7, 11) is 0. The summed E-state index contributed by atoms with van der Waals surface area (Å²) in [4.78, 5) is 25.3. The molecule has 2 aromatic carbocycles. The van der Waals surface area contributed by atoms with Gasteiger partial charge in [-0.3, -0.25) is 4.79 Å². The van der Waals surface area contributed by atoms with Crippen LogP contribution in [0.1, 0.15) is 24.0 Å². The van der Waals surface area contributed by atoms with Gasteiger partial charge in [0.05, 0.1) is 45.2 Å². The van der Waals surface area contributed by atoms with Crippen molar-refractivity contribution in [1.29, 1.82) is 5.26 Å². The molecule has 1 atom stereocenters. The van der Waals surface area contributed by atoms with Crippen molar-refractivity contribution >= 4 is 29.3 Å². The lowest BCUT2D eigenvalue weighted by atomic mass is 9.82. The lowest BCUT2D eigenvalue weighted by molar-refractivity contribution is -0.138. The fraction of sp³-hybridized carbons (Fsp3) is 0.192. The van der Waals surface area contributed by atoms with E-state index < -0.39 is 41.0 Å². The minimum atomic E-state index is -4.66. The van der Waals surface area contributed by atoms with Gasteiger partial charge in [0.25, 0.3) is 0 Å². The van der Waals surface area contributed by atoms with Gasteiger partial charge in [0, 0.05) is 11.3 Å². The van der Waals surface area contributed by atoms with Crippen LogP contribution in [-0.2, 0) is 20.5 Å². The summed E-state index contributed by atoms with van der Waals surface area (Å²) in [6.07, 6.45) is -3.30. The average molecular weight is 532 g/mol. The number of carbonyl (C=O) groups is 2. The Kier molecular flexibility index (Phi) is 8.78. The van der Waals surface area contributed by atoms with E-state index in [1.165, 1.54) is 43.3 Å². The maximum absolute atomic E-state index is 14.8. The fourth-order valence-electron chi connectivity index (χ4n) is 3.69. The summed E-state index contributed by atoms with van der Waals surface area (Å²) < 4.78 is 59.7. The zero-order chi connectivity index (χ0) is 27.2. The Labute approximate surface area is 214 Å². The first kappa shape index (κ1) is 27.5. The molecule has 1 aliphatic rings. The highest BCUT2D eigenvalue weighted by Gasteiger charge is 2.37. The number of nitrogens with one attached hydrogen (secondary N) is 2. The molecule has 0 spiro atoms. The highest BCUT2D eigenvalue weighted by Crippen LogP contribution is 2.42. The number of thioether (sulfide) groups is 1. The quantitative estimate of drug-likeness (QED) is 0.260. The maximum Gasteiger partial charge on any atom is 0.418 e. The number of para-hydroxylation sites is 1. The molecule has 192 valence electrons. The molecule has 1 unspecified atom stereocenters. The van der Waals surface area contributed by atoms with E-state index in [-0.39, 0.29) is 39.8 Å². The average Bonchev–Trinajstić information content (AvgIpc) is 2.85. The van der Waals surface area contributed by atoms with Gasteiger partial charge in [-0.1, -0.05) is 54.7 Å². The first-order chi connectivity index (χ1) is 17.6. The number of allylic oxidation sites excluding steroid dienone is 2. The van der Waals surface area contributed by atoms with Gasteiger partial charge in [0.15, 0.2) is 0 Å². The number of hydrogen-bond donors (Lipinski definition) is 2. The zero-order valence-corrected chi connectivity index (χ0v) is 20.3. The van der Waals surface area contributed by atoms with E-state index in [2.05, 4.69) is 17.2 Å². The van der Waals surface area contributed by atoms with Gasteiger partial charge in [-0.25, -0.2) is 9.18 Å². The second-order valence-corrected chi connectivity index (χ2v) is 8.73. The smallest absolute Gasteiger partial charge is 0.418 e. The predicted molar refractivity (Wildman–Crippen MR) is 131 cm³/mol. The Hall–Kier alpha value is -4.04. The van der Waals surface area contributed by atoms with Crippen LogP contribution in [0.15, 0.2) is 83.1 Å². The third kappa shape index (κ3) is 6.40. The number of esters is 1. The number of benzene rings is 2. The van der Waals surface area contributed by atoms with Crippen LogP contribution < -0.4 is 10.6 Å². The Morgan fingerprint density at radius 1 is 1.22 bits per heavy atom. The number of carbonyl (C=O) groups excluding carboxylic acids is 2. The van der Waals surface area contributed by atoms with Crippen LogP contribution in [0.25, 0.3) is 0 Å². The highest BCUT2D eigenvalue weighted by molar-refractivity contribution is 8.03. The molecule has 2 N–H and O–H groups in total. The standard InChI is InChI=1S/C26H21F4N3O3S/c1-3-12-36-25(35)22-15(2)32-24(17(13-31)23(22)16-8-4-6-10-19(16)27)37-14-21(34)33-20-11-7-5-9-18(20)26(28,29)30/h3-11,23,32H,1,12,14H2,2H3,(H,33,34). The number of amides is 1. The van der Waals surface area contributed by atoms with Crippen molar-refractivity contribution in [2.24, 2.45) is 0 Å². The second kappa shape index (κ2) is 11.8. The summed E-state index contributed by atoms with van der Waals surface area (Å²) >= 11 is 0.838. The van der Waals surface area contributed by atoms with Crippen molar-refractivity contribution < 1.29 is 31.9 Å². The molecule has 1 heterocycles. The van der Waals surface area contributed by atoms with E-state index in [0.717, 1.165) is 23.9 Å². The fourth-order valence-corrected chi connectivity index (χ4v) is 4.58. The number of dihydropyridines is 1. The van der Waals surface area contributed by atoms with Crippen molar-refractivity contribution in [3.05, 3.63) is 100 Å². The van der Waals surface area contributed by atoms with E-state index in [1.54, 1.807) is 6.07 Å². The SMILES string of the molecule is C=CCOC(=O)C1=C(C)NC(SCC(=O)Nc2ccccc2C(F)(F)F)=C(C#N)C1c1ccccc1F. The number of nitriles is 1. The molecule has 1 amide bonds. The number of nitrogens with zero attached hydrogens (tertiary/aromatic N) is 1. The van der Waals surface area contributed by atoms with E-state index >= 15 is 0 Å². The van der Waals surface area contributed by atoms with E-state index in [0.29, 0.717) is 0 Å². The van der Waals surface area contributed by atoms with Gasteiger partial charge in [0.1, 0.15) is 12.4 Å². The summed E-state index contributed by atoms with van der Waals surface area (Å²) in [5.41, 5.74) is -1.12. The van der Waals surface area contributed by atoms with Crippen molar-refractivity contribution in [1.82, 2.24) is 5.32 Å². The molecule has 0 saturated heterocycles. The zero-order valence-electron chi connectivity index (χ0n) is 19.5. The van der Waals surface area contributed by atoms with Crippen LogP contribution in [0.3, 0.4) is 0 Å². The molecule has 0 fully saturated rings. The van der Waals surface area contributed by atoms with Gasteiger partial charge < -0.3 is 15.4 Å². The van der Waals surface area contributed by atoms with Crippen LogP contribution in [0.4, 0.5) is 23.2 Å². The molecular weight excluding hydrogens is 510 g/mol. The number of anilines is 1. The molecule has 0 saturated carbocycles. The molecule has 0 radical (unpaired) electrons. The molecule has 2 aromatic rings. The number of ether oxygens (including phenoxy) is 1. The van der Waals surface area contributed by atoms with Gasteiger partial charge in [-0.2, -0.15) is 18.4 Å². The van der Waals surface area contributed by atoms with Crippen molar-refractivity contribution in [2.75, 3.05) is 17.7 Å². The van der Waals surface area contributed by atoms with E-state index in [9.17, 15) is 32.4 Å². The summed E-state index contributed by atoms with van der Waals surface area (Å²) in [6, 6.07) is 12.2. The van der Waals surface area contributed by atoms with Crippen LogP contribution in [-0.4, -0.2) is 24.2 Å². The molecule has 6 nitrogen and oxygen atoms in total. The normalized spacial score (nSPS) is 15.5. The Morgan fingerprint density at radius 3 is 2.54 bits per heavy atom. The van der Waals surface area contributed by atoms with E-state index in [1.807, 2.05) is 6.07 Å². The van der Waals surface area contributed by atoms with Crippen LogP contribution in [0, 0.1) is 17.1 Å². The first-order valence-electron chi connectivity index (χ1n) is 10.8. The van der Waals surface area contributed by atoms with Crippen molar-refractivity contribution in [2.45, 2.75) is 19.0 Å². The largest absolute Gasteiger partial charge is 0.458 e. The van der Waals surface area contributed by atoms with E-state index in [4.69, 9.17) is 4.74 Å². The lowest BCUT2D eigenvalue weighted by Gasteiger charge is -2.29. The number of halogens is 4. The molecule has 37 heavy (non-hydrogen) atoms. The molecule has 3 rings (SSSR count).